The molecular weight excluding hydrogens is 288 g/mol. The van der Waals surface area contributed by atoms with Crippen LogP contribution in [0.5, 0.6) is 0 Å². The fourth-order valence-corrected chi connectivity index (χ4v) is 3.08. The van der Waals surface area contributed by atoms with Gasteiger partial charge in [-0.25, -0.2) is 0 Å². The monoisotopic (exact) mass is 310 g/mol. The predicted molar refractivity (Wildman–Crippen MR) is 105 cm³/mol. The van der Waals surface area contributed by atoms with Gasteiger partial charge in [-0.3, -0.25) is 0 Å². The van der Waals surface area contributed by atoms with Gasteiger partial charge >= 0.3 is 0 Å². The first-order chi connectivity index (χ1) is 11.7. The molecule has 0 aliphatic rings. The summed E-state index contributed by atoms with van der Waals surface area (Å²) in [5, 5.41) is 0. The maximum absolute atomic E-state index is 4.12. The van der Waals surface area contributed by atoms with Crippen molar-refractivity contribution < 1.29 is 0 Å². The molecule has 24 heavy (non-hydrogen) atoms. The van der Waals surface area contributed by atoms with E-state index in [9.17, 15) is 0 Å². The molecule has 0 N–H and O–H groups in total. The van der Waals surface area contributed by atoms with E-state index in [-0.39, 0.29) is 0 Å². The van der Waals surface area contributed by atoms with Crippen LogP contribution in [0.3, 0.4) is 0 Å². The second-order valence-electron chi connectivity index (χ2n) is 5.97. The van der Waals surface area contributed by atoms with Crippen molar-refractivity contribution in [3.8, 4) is 0 Å². The second kappa shape index (κ2) is 7.14. The Kier molecular flexibility index (Phi) is 4.77. The largest absolute Gasteiger partial charge is 0.0984 e. The van der Waals surface area contributed by atoms with Crippen LogP contribution in [0.2, 0.25) is 0 Å². The molecule has 0 bridgehead atoms. The molecule has 0 heteroatoms. The predicted octanol–water partition coefficient (Wildman–Crippen LogP) is 6.45. The highest BCUT2D eigenvalue weighted by atomic mass is 14.2. The van der Waals surface area contributed by atoms with E-state index in [4.69, 9.17) is 0 Å². The van der Waals surface area contributed by atoms with Crippen LogP contribution in [0, 0.1) is 13.8 Å². The molecule has 0 saturated heterocycles. The number of hydrogen-bond acceptors (Lipinski definition) is 0. The van der Waals surface area contributed by atoms with E-state index in [1.165, 1.54) is 39.0 Å². The van der Waals surface area contributed by atoms with Crippen molar-refractivity contribution in [3.05, 3.63) is 119 Å². The number of allylic oxidation sites excluding steroid dienone is 2. The van der Waals surface area contributed by atoms with Gasteiger partial charge in [0.15, 0.2) is 0 Å². The zero-order valence-electron chi connectivity index (χ0n) is 14.3. The molecule has 0 radical (unpaired) electrons. The molecule has 3 aromatic rings. The van der Waals surface area contributed by atoms with Gasteiger partial charge in [0.1, 0.15) is 0 Å². The Morgan fingerprint density at radius 1 is 0.708 bits per heavy atom. The van der Waals surface area contributed by atoms with Gasteiger partial charge in [-0.15, -0.1) is 0 Å². The molecule has 0 spiro atoms. The van der Waals surface area contributed by atoms with Crippen LogP contribution in [0.1, 0.15) is 27.8 Å². The van der Waals surface area contributed by atoms with Gasteiger partial charge in [-0.1, -0.05) is 91.5 Å². The van der Waals surface area contributed by atoms with Gasteiger partial charge in [0.05, 0.1) is 0 Å². The third kappa shape index (κ3) is 3.09. The minimum atomic E-state index is 1.17. The number of aryl methyl sites for hydroxylation is 1. The van der Waals surface area contributed by atoms with Crippen LogP contribution in [0.25, 0.3) is 11.1 Å². The highest BCUT2D eigenvalue weighted by Crippen LogP contribution is 2.34. The molecule has 0 aliphatic carbocycles. The van der Waals surface area contributed by atoms with Gasteiger partial charge in [-0.2, -0.15) is 0 Å². The zero-order valence-corrected chi connectivity index (χ0v) is 14.3. The summed E-state index contributed by atoms with van der Waals surface area (Å²) in [6, 6.07) is 27.6. The fraction of sp³-hybridized carbons (Fsp3) is 0.0833. The average Bonchev–Trinajstić information content (AvgIpc) is 2.64. The Balaban J connectivity index is 2.35. The molecule has 3 aromatic carbocycles. The third-order valence-electron chi connectivity index (χ3n) is 4.49. The minimum Gasteiger partial charge on any atom is -0.0984 e. The van der Waals surface area contributed by atoms with Crippen LogP contribution in [0.15, 0.2) is 91.5 Å². The summed E-state index contributed by atoms with van der Waals surface area (Å²) in [6.07, 6.45) is 1.98. The molecule has 0 aliphatic heterocycles. The van der Waals surface area contributed by atoms with Crippen LogP contribution in [-0.4, -0.2) is 0 Å². The Morgan fingerprint density at radius 2 is 1.25 bits per heavy atom. The van der Waals surface area contributed by atoms with Crippen molar-refractivity contribution in [1.29, 1.82) is 0 Å². The molecule has 3 rings (SSSR count). The van der Waals surface area contributed by atoms with E-state index in [2.05, 4.69) is 99.3 Å². The lowest BCUT2D eigenvalue weighted by molar-refractivity contribution is 1.32. The summed E-state index contributed by atoms with van der Waals surface area (Å²) in [5.41, 5.74) is 8.66. The van der Waals surface area contributed by atoms with Crippen LogP contribution >= 0.6 is 0 Å². The van der Waals surface area contributed by atoms with Crippen LogP contribution in [-0.2, 0) is 0 Å². The van der Waals surface area contributed by atoms with Crippen molar-refractivity contribution in [2.75, 3.05) is 0 Å². The summed E-state index contributed by atoms with van der Waals surface area (Å²) >= 11 is 0. The lowest BCUT2D eigenvalue weighted by Gasteiger charge is -2.17. The van der Waals surface area contributed by atoms with Gasteiger partial charge in [0.2, 0.25) is 0 Å². The lowest BCUT2D eigenvalue weighted by atomic mass is 9.87. The Bertz CT molecular complexity index is 827. The van der Waals surface area contributed by atoms with Crippen LogP contribution in [0.4, 0.5) is 0 Å². The van der Waals surface area contributed by atoms with E-state index < -0.39 is 0 Å². The highest BCUT2D eigenvalue weighted by Gasteiger charge is 2.13. The molecule has 0 nitrogen and oxygen atoms in total. The molecule has 0 atom stereocenters. The zero-order chi connectivity index (χ0) is 16.9. The summed E-state index contributed by atoms with van der Waals surface area (Å²) in [5.74, 6) is 0. The van der Waals surface area contributed by atoms with Gasteiger partial charge in [0.25, 0.3) is 0 Å². The van der Waals surface area contributed by atoms with Gasteiger partial charge in [-0.05, 0) is 52.8 Å². The Hall–Kier alpha value is -2.86. The van der Waals surface area contributed by atoms with E-state index in [1.807, 2.05) is 6.08 Å². The third-order valence-corrected chi connectivity index (χ3v) is 4.49. The maximum atomic E-state index is 4.12. The normalized spacial score (nSPS) is 10.2. The number of benzene rings is 3. The molecule has 0 fully saturated rings. The number of hydrogen-bond donors (Lipinski definition) is 0. The maximum Gasteiger partial charge on any atom is -0.00330 e. The lowest BCUT2D eigenvalue weighted by Crippen LogP contribution is -1.96. The summed E-state index contributed by atoms with van der Waals surface area (Å²) < 4.78 is 0. The van der Waals surface area contributed by atoms with Crippen molar-refractivity contribution in [2.45, 2.75) is 13.8 Å². The first-order valence-corrected chi connectivity index (χ1v) is 8.26. The Morgan fingerprint density at radius 3 is 1.75 bits per heavy atom. The van der Waals surface area contributed by atoms with Gasteiger partial charge in [0, 0.05) is 0 Å². The molecule has 0 unspecified atom stereocenters. The quantitative estimate of drug-likeness (QED) is 0.384. The van der Waals surface area contributed by atoms with Crippen molar-refractivity contribution in [2.24, 2.45) is 0 Å². The smallest absolute Gasteiger partial charge is 0.00330 e. The van der Waals surface area contributed by atoms with E-state index in [0.29, 0.717) is 0 Å². The summed E-state index contributed by atoms with van der Waals surface area (Å²) in [6.45, 7) is 8.46. The number of rotatable bonds is 4. The molecule has 0 amide bonds. The average molecular weight is 310 g/mol. The van der Waals surface area contributed by atoms with Crippen LogP contribution < -0.4 is 0 Å². The first kappa shape index (κ1) is 16.0. The van der Waals surface area contributed by atoms with E-state index in [1.54, 1.807) is 0 Å². The van der Waals surface area contributed by atoms with Crippen molar-refractivity contribution in [1.82, 2.24) is 0 Å². The SMILES string of the molecule is C=CC(=C(c1ccccc1)c1ccccc1)c1cccc(C)c1C. The molecule has 118 valence electrons. The van der Waals surface area contributed by atoms with E-state index >= 15 is 0 Å². The molecular formula is C24H22. The van der Waals surface area contributed by atoms with Crippen molar-refractivity contribution >= 4 is 11.1 Å². The van der Waals surface area contributed by atoms with Crippen molar-refractivity contribution in [3.63, 3.8) is 0 Å². The first-order valence-electron chi connectivity index (χ1n) is 8.26. The standard InChI is InChI=1S/C24H22/c1-4-22(23-17-11-12-18(2)19(23)3)24(20-13-7-5-8-14-20)21-15-9-6-10-16-21/h4-17H,1H2,2-3H3. The molecule has 0 saturated carbocycles. The second-order valence-corrected chi connectivity index (χ2v) is 5.97. The van der Waals surface area contributed by atoms with Gasteiger partial charge < -0.3 is 0 Å². The Labute approximate surface area is 144 Å². The highest BCUT2D eigenvalue weighted by molar-refractivity contribution is 6.02. The minimum absolute atomic E-state index is 1.17. The topological polar surface area (TPSA) is 0 Å². The summed E-state index contributed by atoms with van der Waals surface area (Å²) in [7, 11) is 0. The molecule has 0 heterocycles. The fourth-order valence-electron chi connectivity index (χ4n) is 3.08. The molecule has 0 aromatic heterocycles. The summed E-state index contributed by atoms with van der Waals surface area (Å²) in [4.78, 5) is 0. The van der Waals surface area contributed by atoms with E-state index in [0.717, 1.165) is 0 Å².